The minimum Gasteiger partial charge on any atom is -0.241 e. The van der Waals surface area contributed by atoms with Crippen LogP contribution >= 0.6 is 11.6 Å². The van der Waals surface area contributed by atoms with Gasteiger partial charge >= 0.3 is 0 Å². The van der Waals surface area contributed by atoms with Crippen molar-refractivity contribution in [1.82, 2.24) is 14.8 Å². The van der Waals surface area contributed by atoms with E-state index in [1.54, 1.807) is 12.7 Å². The minimum absolute atomic E-state index is 0.0458. The molecule has 0 saturated heterocycles. The molecule has 0 aliphatic rings. The van der Waals surface area contributed by atoms with Gasteiger partial charge in [-0.05, 0) is 34.4 Å². The molecule has 0 amide bonds. The highest BCUT2D eigenvalue weighted by molar-refractivity contribution is 6.30. The fourth-order valence-electron chi connectivity index (χ4n) is 3.09. The van der Waals surface area contributed by atoms with Gasteiger partial charge in [0.2, 0.25) is 0 Å². The summed E-state index contributed by atoms with van der Waals surface area (Å²) in [4.78, 5) is 4.14. The van der Waals surface area contributed by atoms with Gasteiger partial charge in [-0.15, -0.1) is 0 Å². The minimum atomic E-state index is -0.0458. The third-order valence-corrected chi connectivity index (χ3v) is 4.48. The maximum absolute atomic E-state index is 6.06. The summed E-state index contributed by atoms with van der Waals surface area (Å²) in [6.45, 7) is 0. The first kappa shape index (κ1) is 15.6. The van der Waals surface area contributed by atoms with Gasteiger partial charge in [0.25, 0.3) is 0 Å². The lowest BCUT2D eigenvalue weighted by Gasteiger charge is -2.21. The molecular weight excluding hydrogens is 330 g/mol. The van der Waals surface area contributed by atoms with Crippen molar-refractivity contribution in [3.63, 3.8) is 0 Å². The molecule has 1 aromatic heterocycles. The highest BCUT2D eigenvalue weighted by Gasteiger charge is 2.20. The van der Waals surface area contributed by atoms with Crippen LogP contribution in [0, 0.1) is 0 Å². The monoisotopic (exact) mass is 345 g/mol. The molecule has 3 aromatic carbocycles. The Hall–Kier alpha value is -2.91. The number of hydrogen-bond donors (Lipinski definition) is 0. The van der Waals surface area contributed by atoms with Crippen molar-refractivity contribution in [3.8, 4) is 11.1 Å². The molecule has 0 radical (unpaired) electrons. The summed E-state index contributed by atoms with van der Waals surface area (Å²) in [5.41, 5.74) is 4.61. The van der Waals surface area contributed by atoms with E-state index in [0.717, 1.165) is 21.7 Å². The lowest BCUT2D eigenvalue weighted by atomic mass is 9.91. The van der Waals surface area contributed by atoms with Crippen molar-refractivity contribution in [2.24, 2.45) is 0 Å². The summed E-state index contributed by atoms with van der Waals surface area (Å²) >= 11 is 6.06. The Morgan fingerprint density at radius 1 is 0.800 bits per heavy atom. The Kier molecular flexibility index (Phi) is 4.32. The number of benzene rings is 3. The van der Waals surface area contributed by atoms with E-state index in [2.05, 4.69) is 46.5 Å². The normalized spacial score (nSPS) is 12.0. The molecule has 0 aliphatic heterocycles. The Bertz CT molecular complexity index is 948. The third kappa shape index (κ3) is 3.19. The summed E-state index contributed by atoms with van der Waals surface area (Å²) in [5, 5.41) is 5.14. The van der Waals surface area contributed by atoms with Gasteiger partial charge in [0.05, 0.1) is 0 Å². The summed E-state index contributed by atoms with van der Waals surface area (Å²) < 4.78 is 1.89. The van der Waals surface area contributed by atoms with E-state index in [0.29, 0.717) is 0 Å². The molecule has 0 spiro atoms. The van der Waals surface area contributed by atoms with E-state index in [-0.39, 0.29) is 6.04 Å². The SMILES string of the molecule is Clc1ccc(-c2ccccc2C(c2ccccc2)n2cncn2)cc1. The van der Waals surface area contributed by atoms with E-state index >= 15 is 0 Å². The van der Waals surface area contributed by atoms with Crippen LogP contribution in [0.15, 0.2) is 91.5 Å². The van der Waals surface area contributed by atoms with Gasteiger partial charge in [-0.25, -0.2) is 9.67 Å². The van der Waals surface area contributed by atoms with Crippen molar-refractivity contribution in [3.05, 3.63) is 108 Å². The molecule has 122 valence electrons. The lowest BCUT2D eigenvalue weighted by Crippen LogP contribution is -2.14. The number of halogens is 1. The zero-order chi connectivity index (χ0) is 17.1. The molecule has 0 saturated carbocycles. The standard InChI is InChI=1S/C21H16ClN3/c22-18-12-10-16(11-13-18)19-8-4-5-9-20(19)21(25-15-23-14-24-25)17-6-2-1-3-7-17/h1-15,21H. The summed E-state index contributed by atoms with van der Waals surface area (Å²) in [5.74, 6) is 0. The molecule has 4 rings (SSSR count). The molecule has 1 heterocycles. The second kappa shape index (κ2) is 6.91. The molecule has 25 heavy (non-hydrogen) atoms. The van der Waals surface area contributed by atoms with Crippen LogP contribution in [0.25, 0.3) is 11.1 Å². The maximum Gasteiger partial charge on any atom is 0.137 e. The lowest BCUT2D eigenvalue weighted by molar-refractivity contribution is 0.595. The van der Waals surface area contributed by atoms with Gasteiger partial charge in [-0.1, -0.05) is 78.3 Å². The highest BCUT2D eigenvalue weighted by atomic mass is 35.5. The molecule has 1 unspecified atom stereocenters. The quantitative estimate of drug-likeness (QED) is 0.506. The molecule has 3 nitrogen and oxygen atoms in total. The zero-order valence-corrected chi connectivity index (χ0v) is 14.2. The third-order valence-electron chi connectivity index (χ3n) is 4.23. The first-order valence-electron chi connectivity index (χ1n) is 8.07. The second-order valence-corrected chi connectivity index (χ2v) is 6.22. The number of nitrogens with zero attached hydrogens (tertiary/aromatic N) is 3. The zero-order valence-electron chi connectivity index (χ0n) is 13.5. The van der Waals surface area contributed by atoms with Crippen LogP contribution in [0.1, 0.15) is 17.2 Å². The molecule has 4 aromatic rings. The van der Waals surface area contributed by atoms with Gasteiger partial charge < -0.3 is 0 Å². The van der Waals surface area contributed by atoms with Crippen LogP contribution in [0.5, 0.6) is 0 Å². The van der Waals surface area contributed by atoms with Crippen LogP contribution in [0.3, 0.4) is 0 Å². The smallest absolute Gasteiger partial charge is 0.137 e. The average Bonchev–Trinajstić information content (AvgIpc) is 3.18. The van der Waals surface area contributed by atoms with Crippen LogP contribution in [-0.2, 0) is 0 Å². The van der Waals surface area contributed by atoms with Crippen molar-refractivity contribution in [1.29, 1.82) is 0 Å². The molecule has 1 atom stereocenters. The molecular formula is C21H16ClN3. The number of rotatable bonds is 4. The average molecular weight is 346 g/mol. The van der Waals surface area contributed by atoms with Gasteiger partial charge in [-0.2, -0.15) is 5.10 Å². The topological polar surface area (TPSA) is 30.7 Å². The van der Waals surface area contributed by atoms with Crippen LogP contribution in [-0.4, -0.2) is 14.8 Å². The second-order valence-electron chi connectivity index (χ2n) is 5.78. The molecule has 0 bridgehead atoms. The van der Waals surface area contributed by atoms with Gasteiger partial charge in [-0.3, -0.25) is 0 Å². The molecule has 0 aliphatic carbocycles. The van der Waals surface area contributed by atoms with E-state index in [1.165, 1.54) is 5.56 Å². The fourth-order valence-corrected chi connectivity index (χ4v) is 3.21. The van der Waals surface area contributed by atoms with Gasteiger partial charge in [0.15, 0.2) is 0 Å². The summed E-state index contributed by atoms with van der Waals surface area (Å²) in [6.07, 6.45) is 3.33. The van der Waals surface area contributed by atoms with E-state index in [9.17, 15) is 0 Å². The fraction of sp³-hybridized carbons (Fsp3) is 0.0476. The first-order valence-corrected chi connectivity index (χ1v) is 8.44. The number of aromatic nitrogens is 3. The Morgan fingerprint density at radius 2 is 1.52 bits per heavy atom. The summed E-state index contributed by atoms with van der Waals surface area (Å²) in [6, 6.07) is 26.6. The van der Waals surface area contributed by atoms with Gasteiger partial charge in [0, 0.05) is 5.02 Å². The maximum atomic E-state index is 6.06. The Labute approximate surface area is 151 Å². The van der Waals surface area contributed by atoms with Crippen LogP contribution in [0.2, 0.25) is 5.02 Å². The van der Waals surface area contributed by atoms with E-state index < -0.39 is 0 Å². The molecule has 4 heteroatoms. The molecule has 0 fully saturated rings. The Balaban J connectivity index is 1.90. The number of hydrogen-bond acceptors (Lipinski definition) is 2. The van der Waals surface area contributed by atoms with Crippen molar-refractivity contribution >= 4 is 11.6 Å². The van der Waals surface area contributed by atoms with Crippen molar-refractivity contribution < 1.29 is 0 Å². The largest absolute Gasteiger partial charge is 0.241 e. The van der Waals surface area contributed by atoms with E-state index in [1.807, 2.05) is 47.1 Å². The molecule has 0 N–H and O–H groups in total. The van der Waals surface area contributed by atoms with Crippen molar-refractivity contribution in [2.75, 3.05) is 0 Å². The Morgan fingerprint density at radius 3 is 2.24 bits per heavy atom. The van der Waals surface area contributed by atoms with Crippen LogP contribution in [0.4, 0.5) is 0 Å². The predicted octanol–water partition coefficient (Wildman–Crippen LogP) is 5.24. The predicted molar refractivity (Wildman–Crippen MR) is 101 cm³/mol. The van der Waals surface area contributed by atoms with Crippen molar-refractivity contribution in [2.45, 2.75) is 6.04 Å². The van der Waals surface area contributed by atoms with E-state index in [4.69, 9.17) is 11.6 Å². The van der Waals surface area contributed by atoms with Gasteiger partial charge in [0.1, 0.15) is 18.7 Å². The first-order chi connectivity index (χ1) is 12.3. The highest BCUT2D eigenvalue weighted by Crippen LogP contribution is 2.34. The van der Waals surface area contributed by atoms with Crippen LogP contribution < -0.4 is 0 Å². The summed E-state index contributed by atoms with van der Waals surface area (Å²) in [7, 11) is 0.